The fourth-order valence-corrected chi connectivity index (χ4v) is 2.50. The number of rotatable bonds is 6. The van der Waals surface area contributed by atoms with Crippen LogP contribution in [0.1, 0.15) is 35.3 Å². The van der Waals surface area contributed by atoms with Crippen LogP contribution in [0.5, 0.6) is 5.75 Å². The Hall–Kier alpha value is -2.53. The lowest BCUT2D eigenvalue weighted by molar-refractivity contribution is -0.122. The molecular weight excluding hydrogens is 354 g/mol. The van der Waals surface area contributed by atoms with Gasteiger partial charge in [-0.1, -0.05) is 23.7 Å². The normalized spacial score (nSPS) is 11.6. The zero-order valence-electron chi connectivity index (χ0n) is 15.3. The van der Waals surface area contributed by atoms with E-state index < -0.39 is 12.1 Å². The van der Waals surface area contributed by atoms with E-state index in [4.69, 9.17) is 21.1 Å². The molecule has 0 saturated heterocycles. The molecular formula is C20H22ClNO4. The highest BCUT2D eigenvalue weighted by Gasteiger charge is 2.18. The molecule has 0 aromatic heterocycles. The summed E-state index contributed by atoms with van der Waals surface area (Å²) < 4.78 is 10.7. The lowest BCUT2D eigenvalue weighted by Gasteiger charge is -2.17. The van der Waals surface area contributed by atoms with Crippen LogP contribution in [0.3, 0.4) is 0 Å². The lowest BCUT2D eigenvalue weighted by Crippen LogP contribution is -2.30. The minimum Gasteiger partial charge on any atom is -0.481 e. The van der Waals surface area contributed by atoms with E-state index in [1.165, 1.54) is 6.07 Å². The Morgan fingerprint density at radius 3 is 2.54 bits per heavy atom. The Morgan fingerprint density at radius 2 is 1.88 bits per heavy atom. The Bertz CT molecular complexity index is 819. The summed E-state index contributed by atoms with van der Waals surface area (Å²) >= 11 is 6.17. The molecule has 0 heterocycles. The quantitative estimate of drug-likeness (QED) is 0.753. The van der Waals surface area contributed by atoms with Crippen LogP contribution >= 0.6 is 11.6 Å². The molecule has 1 atom stereocenters. The summed E-state index contributed by atoms with van der Waals surface area (Å²) in [5, 5.41) is 2.97. The number of ether oxygens (including phenoxy) is 2. The van der Waals surface area contributed by atoms with Gasteiger partial charge >= 0.3 is 5.97 Å². The van der Waals surface area contributed by atoms with Crippen LogP contribution in [-0.4, -0.2) is 24.6 Å². The van der Waals surface area contributed by atoms with Gasteiger partial charge in [0.15, 0.2) is 6.10 Å². The van der Waals surface area contributed by atoms with Crippen molar-refractivity contribution in [2.24, 2.45) is 0 Å². The Balaban J connectivity index is 2.06. The fraction of sp³-hybridized carbons (Fsp3) is 0.300. The molecule has 0 spiro atoms. The molecule has 0 aliphatic carbocycles. The maximum Gasteiger partial charge on any atom is 0.338 e. The number of anilines is 1. The molecule has 2 aromatic rings. The number of carbonyl (C=O) groups is 2. The molecule has 0 bridgehead atoms. The number of amides is 1. The van der Waals surface area contributed by atoms with Crippen LogP contribution in [0.25, 0.3) is 0 Å². The second-order valence-corrected chi connectivity index (χ2v) is 6.34. The lowest BCUT2D eigenvalue weighted by atomic mass is 10.1. The highest BCUT2D eigenvalue weighted by molar-refractivity contribution is 6.34. The van der Waals surface area contributed by atoms with E-state index in [2.05, 4.69) is 5.32 Å². The Labute approximate surface area is 158 Å². The van der Waals surface area contributed by atoms with Crippen LogP contribution in [0, 0.1) is 13.8 Å². The van der Waals surface area contributed by atoms with Gasteiger partial charge in [0.05, 0.1) is 22.9 Å². The van der Waals surface area contributed by atoms with Crippen molar-refractivity contribution in [2.45, 2.75) is 33.8 Å². The summed E-state index contributed by atoms with van der Waals surface area (Å²) in [5.41, 5.74) is 2.73. The van der Waals surface area contributed by atoms with Gasteiger partial charge in [-0.2, -0.15) is 0 Å². The largest absolute Gasteiger partial charge is 0.481 e. The van der Waals surface area contributed by atoms with Gasteiger partial charge < -0.3 is 14.8 Å². The summed E-state index contributed by atoms with van der Waals surface area (Å²) in [5.74, 6) is -0.132. The van der Waals surface area contributed by atoms with E-state index >= 15 is 0 Å². The van der Waals surface area contributed by atoms with Crippen molar-refractivity contribution < 1.29 is 19.1 Å². The fourth-order valence-electron chi connectivity index (χ4n) is 2.27. The summed E-state index contributed by atoms with van der Waals surface area (Å²) in [7, 11) is 0. The smallest absolute Gasteiger partial charge is 0.338 e. The van der Waals surface area contributed by atoms with Crippen molar-refractivity contribution in [1.82, 2.24) is 0 Å². The number of nitrogens with one attached hydrogen (secondary N) is 1. The topological polar surface area (TPSA) is 64.6 Å². The Morgan fingerprint density at radius 1 is 1.15 bits per heavy atom. The van der Waals surface area contributed by atoms with Crippen LogP contribution in [-0.2, 0) is 9.53 Å². The Kier molecular flexibility index (Phi) is 6.64. The molecule has 1 amide bonds. The van der Waals surface area contributed by atoms with E-state index in [1.807, 2.05) is 32.0 Å². The van der Waals surface area contributed by atoms with Crippen molar-refractivity contribution in [3.63, 3.8) is 0 Å². The number of aryl methyl sites for hydroxylation is 2. The molecule has 0 unspecified atom stereocenters. The number of halogens is 1. The van der Waals surface area contributed by atoms with Crippen molar-refractivity contribution in [3.05, 3.63) is 58.1 Å². The molecule has 1 N–H and O–H groups in total. The molecule has 0 fully saturated rings. The zero-order valence-corrected chi connectivity index (χ0v) is 16.0. The summed E-state index contributed by atoms with van der Waals surface area (Å²) in [6, 6.07) is 10.4. The minimum atomic E-state index is -0.712. The molecule has 0 radical (unpaired) electrons. The molecule has 2 rings (SSSR count). The third-order valence-electron chi connectivity index (χ3n) is 3.75. The number of hydrogen-bond donors (Lipinski definition) is 1. The van der Waals surface area contributed by atoms with E-state index in [0.29, 0.717) is 17.0 Å². The average molecular weight is 376 g/mol. The second kappa shape index (κ2) is 8.72. The van der Waals surface area contributed by atoms with E-state index in [9.17, 15) is 9.59 Å². The standard InChI is InChI=1S/C20H22ClNO4/c1-5-25-20(24)15-8-9-17(16(21)11-15)22-19(23)14(4)26-18-10-12(2)6-7-13(18)3/h6-11,14H,5H2,1-4H3,(H,22,23)/t14-/m1/s1. The number of carbonyl (C=O) groups excluding carboxylic acids is 2. The first-order chi connectivity index (χ1) is 12.3. The van der Waals surface area contributed by atoms with Crippen molar-refractivity contribution in [2.75, 3.05) is 11.9 Å². The van der Waals surface area contributed by atoms with Gasteiger partial charge in [-0.25, -0.2) is 4.79 Å². The number of hydrogen-bond acceptors (Lipinski definition) is 4. The van der Waals surface area contributed by atoms with Gasteiger partial charge in [0.2, 0.25) is 0 Å². The average Bonchev–Trinajstić information content (AvgIpc) is 2.59. The van der Waals surface area contributed by atoms with Crippen LogP contribution in [0.2, 0.25) is 5.02 Å². The SMILES string of the molecule is CCOC(=O)c1ccc(NC(=O)[C@@H](C)Oc2cc(C)ccc2C)c(Cl)c1. The molecule has 138 valence electrons. The van der Waals surface area contributed by atoms with E-state index in [0.717, 1.165) is 11.1 Å². The first-order valence-corrected chi connectivity index (χ1v) is 8.71. The first kappa shape index (κ1) is 19.8. The van der Waals surface area contributed by atoms with Crippen molar-refractivity contribution in [3.8, 4) is 5.75 Å². The summed E-state index contributed by atoms with van der Waals surface area (Å²) in [6.07, 6.45) is -0.712. The van der Waals surface area contributed by atoms with Gasteiger partial charge in [0.25, 0.3) is 5.91 Å². The first-order valence-electron chi connectivity index (χ1n) is 8.33. The maximum absolute atomic E-state index is 12.4. The highest BCUT2D eigenvalue weighted by Crippen LogP contribution is 2.25. The molecule has 26 heavy (non-hydrogen) atoms. The predicted octanol–water partition coefficient (Wildman–Crippen LogP) is 4.54. The summed E-state index contributed by atoms with van der Waals surface area (Å²) in [6.45, 7) is 7.55. The van der Waals surface area contributed by atoms with Gasteiger partial charge in [-0.3, -0.25) is 4.79 Å². The maximum atomic E-state index is 12.4. The molecule has 5 nitrogen and oxygen atoms in total. The van der Waals surface area contributed by atoms with Crippen LogP contribution in [0.4, 0.5) is 5.69 Å². The minimum absolute atomic E-state index is 0.253. The van der Waals surface area contributed by atoms with Crippen LogP contribution in [0.15, 0.2) is 36.4 Å². The molecule has 0 aliphatic heterocycles. The molecule has 2 aromatic carbocycles. The van der Waals surface area contributed by atoms with Gasteiger partial charge in [0, 0.05) is 0 Å². The second-order valence-electron chi connectivity index (χ2n) is 5.93. The van der Waals surface area contributed by atoms with Crippen LogP contribution < -0.4 is 10.1 Å². The molecule has 0 saturated carbocycles. The molecule has 6 heteroatoms. The van der Waals surface area contributed by atoms with E-state index in [-0.39, 0.29) is 17.5 Å². The molecule has 0 aliphatic rings. The van der Waals surface area contributed by atoms with Gasteiger partial charge in [-0.05, 0) is 63.1 Å². The number of esters is 1. The third-order valence-corrected chi connectivity index (χ3v) is 4.07. The third kappa shape index (κ3) is 4.99. The highest BCUT2D eigenvalue weighted by atomic mass is 35.5. The predicted molar refractivity (Wildman–Crippen MR) is 102 cm³/mol. The van der Waals surface area contributed by atoms with E-state index in [1.54, 1.807) is 26.0 Å². The van der Waals surface area contributed by atoms with Crippen molar-refractivity contribution in [1.29, 1.82) is 0 Å². The number of benzene rings is 2. The zero-order chi connectivity index (χ0) is 19.3. The van der Waals surface area contributed by atoms with Gasteiger partial charge in [0.1, 0.15) is 5.75 Å². The monoisotopic (exact) mass is 375 g/mol. The van der Waals surface area contributed by atoms with Crippen molar-refractivity contribution >= 4 is 29.2 Å². The summed E-state index contributed by atoms with van der Waals surface area (Å²) in [4.78, 5) is 24.1. The van der Waals surface area contributed by atoms with Gasteiger partial charge in [-0.15, -0.1) is 0 Å².